The quantitative estimate of drug-likeness (QED) is 0.640. The van der Waals surface area contributed by atoms with Crippen molar-refractivity contribution in [1.29, 1.82) is 0 Å². The monoisotopic (exact) mass is 379 g/mol. The van der Waals surface area contributed by atoms with Crippen LogP contribution in [0.15, 0.2) is 16.6 Å². The summed E-state index contributed by atoms with van der Waals surface area (Å²) in [4.78, 5) is 28.1. The van der Waals surface area contributed by atoms with Gasteiger partial charge in [0, 0.05) is 6.42 Å². The van der Waals surface area contributed by atoms with Crippen LogP contribution in [-0.4, -0.2) is 32.2 Å². The zero-order valence-electron chi connectivity index (χ0n) is 13.9. The minimum absolute atomic E-state index is 0.211. The highest BCUT2D eigenvalue weighted by Gasteiger charge is 2.21. The number of thioether (sulfide) groups is 1. The van der Waals surface area contributed by atoms with Gasteiger partial charge in [-0.3, -0.25) is 14.7 Å². The lowest BCUT2D eigenvalue weighted by Crippen LogP contribution is -2.23. The van der Waals surface area contributed by atoms with Crippen molar-refractivity contribution in [3.63, 3.8) is 0 Å². The number of carbonyl (C=O) groups is 2. The van der Waals surface area contributed by atoms with Crippen molar-refractivity contribution in [2.45, 2.75) is 49.4 Å². The van der Waals surface area contributed by atoms with Crippen LogP contribution in [0.5, 0.6) is 0 Å². The Hall–Kier alpha value is -1.87. The van der Waals surface area contributed by atoms with E-state index < -0.39 is 11.2 Å². The Morgan fingerprint density at radius 2 is 2.24 bits per heavy atom. The molecule has 0 aromatic carbocycles. The summed E-state index contributed by atoms with van der Waals surface area (Å²) in [5, 5.41) is 12.3. The number of nitrogens with two attached hydrogens (primary N) is 1. The van der Waals surface area contributed by atoms with Crippen LogP contribution in [0.3, 0.4) is 0 Å². The number of amides is 2. The average Bonchev–Trinajstić information content (AvgIpc) is 3.30. The zero-order chi connectivity index (χ0) is 17.8. The van der Waals surface area contributed by atoms with Crippen LogP contribution in [0.1, 0.15) is 48.8 Å². The Morgan fingerprint density at radius 3 is 2.96 bits per heavy atom. The number of carbonyl (C=O) groups excluding carboxylic acids is 2. The van der Waals surface area contributed by atoms with Gasteiger partial charge in [0.2, 0.25) is 11.1 Å². The second-order valence-electron chi connectivity index (χ2n) is 6.20. The van der Waals surface area contributed by atoms with Crippen LogP contribution in [0.25, 0.3) is 0 Å². The molecule has 1 aliphatic carbocycles. The van der Waals surface area contributed by atoms with Gasteiger partial charge in [-0.05, 0) is 24.3 Å². The van der Waals surface area contributed by atoms with Gasteiger partial charge in [-0.2, -0.15) is 0 Å². The van der Waals surface area contributed by atoms with E-state index in [4.69, 9.17) is 5.73 Å². The van der Waals surface area contributed by atoms with Gasteiger partial charge < -0.3 is 11.1 Å². The van der Waals surface area contributed by atoms with Crippen molar-refractivity contribution in [1.82, 2.24) is 15.2 Å². The molecule has 2 aromatic rings. The largest absolute Gasteiger partial charge is 0.366 e. The number of hydrogen-bond acceptors (Lipinski definition) is 6. The highest BCUT2D eigenvalue weighted by Crippen LogP contribution is 2.28. The van der Waals surface area contributed by atoms with Gasteiger partial charge in [0.25, 0.3) is 5.91 Å². The number of H-pyrrole nitrogens is 1. The maximum absolute atomic E-state index is 12.3. The lowest BCUT2D eigenvalue weighted by atomic mass is 10.0. The molecule has 0 radical (unpaired) electrons. The Kier molecular flexibility index (Phi) is 5.74. The number of nitrogens with zero attached hydrogens (tertiary/aromatic N) is 2. The van der Waals surface area contributed by atoms with Crippen LogP contribution in [0.4, 0.5) is 5.00 Å². The van der Waals surface area contributed by atoms with Crippen LogP contribution in [-0.2, 0) is 11.2 Å². The standard InChI is InChI=1S/C16H21N5O2S2/c1-9(14(23)19-15-11(13(17)22)6-7-24-15)25-16-18-12(20-21-16)8-10-4-2-3-5-10/h6-7,9-10H,2-5,8H2,1H3,(H2,17,22)(H,19,23)(H,18,20,21). The fourth-order valence-electron chi connectivity index (χ4n) is 2.93. The fraction of sp³-hybridized carbons (Fsp3) is 0.500. The van der Waals surface area contributed by atoms with Gasteiger partial charge in [0.1, 0.15) is 10.8 Å². The van der Waals surface area contributed by atoms with E-state index in [9.17, 15) is 9.59 Å². The molecule has 1 aliphatic rings. The summed E-state index contributed by atoms with van der Waals surface area (Å²) in [6.45, 7) is 1.78. The lowest BCUT2D eigenvalue weighted by molar-refractivity contribution is -0.115. The minimum atomic E-state index is -0.553. The molecule has 2 amide bonds. The van der Waals surface area contributed by atoms with E-state index in [1.54, 1.807) is 18.4 Å². The van der Waals surface area contributed by atoms with Crippen molar-refractivity contribution < 1.29 is 9.59 Å². The summed E-state index contributed by atoms with van der Waals surface area (Å²) in [5.41, 5.74) is 5.62. The number of aromatic nitrogens is 3. The molecule has 7 nitrogen and oxygen atoms in total. The zero-order valence-corrected chi connectivity index (χ0v) is 15.6. The average molecular weight is 380 g/mol. The Balaban J connectivity index is 1.55. The molecule has 4 N–H and O–H groups in total. The summed E-state index contributed by atoms with van der Waals surface area (Å²) in [5.74, 6) is 0.813. The highest BCUT2D eigenvalue weighted by molar-refractivity contribution is 8.00. The van der Waals surface area contributed by atoms with E-state index in [2.05, 4.69) is 20.5 Å². The van der Waals surface area contributed by atoms with E-state index in [0.717, 1.165) is 12.2 Å². The van der Waals surface area contributed by atoms with Gasteiger partial charge in [-0.15, -0.1) is 16.4 Å². The molecular formula is C16H21N5O2S2. The summed E-state index contributed by atoms with van der Waals surface area (Å²) in [7, 11) is 0. The second kappa shape index (κ2) is 8.01. The van der Waals surface area contributed by atoms with E-state index in [1.807, 2.05) is 0 Å². The highest BCUT2D eigenvalue weighted by atomic mass is 32.2. The van der Waals surface area contributed by atoms with Gasteiger partial charge >= 0.3 is 0 Å². The van der Waals surface area contributed by atoms with Crippen LogP contribution < -0.4 is 11.1 Å². The predicted octanol–water partition coefficient (Wildman–Crippen LogP) is 2.82. The molecule has 134 valence electrons. The molecule has 9 heteroatoms. The summed E-state index contributed by atoms with van der Waals surface area (Å²) in [6.07, 6.45) is 6.03. The molecule has 25 heavy (non-hydrogen) atoms. The van der Waals surface area contributed by atoms with Crippen LogP contribution in [0, 0.1) is 5.92 Å². The van der Waals surface area contributed by atoms with E-state index in [-0.39, 0.29) is 5.91 Å². The third-order valence-corrected chi connectivity index (χ3v) is 6.08. The first kappa shape index (κ1) is 17.9. The summed E-state index contributed by atoms with van der Waals surface area (Å²) < 4.78 is 0. The number of thiophene rings is 1. The molecular weight excluding hydrogens is 358 g/mol. The van der Waals surface area contributed by atoms with Gasteiger partial charge in [0.15, 0.2) is 0 Å². The third-order valence-electron chi connectivity index (χ3n) is 4.29. The van der Waals surface area contributed by atoms with Crippen LogP contribution in [0.2, 0.25) is 0 Å². The number of aromatic amines is 1. The second-order valence-corrected chi connectivity index (χ2v) is 8.42. The predicted molar refractivity (Wildman–Crippen MR) is 98.8 cm³/mol. The number of rotatable bonds is 7. The van der Waals surface area contributed by atoms with Crippen molar-refractivity contribution in [2.75, 3.05) is 5.32 Å². The molecule has 2 aromatic heterocycles. The SMILES string of the molecule is CC(Sc1n[nH]c(CC2CCCC2)n1)C(=O)Nc1sccc1C(N)=O. The Morgan fingerprint density at radius 1 is 1.48 bits per heavy atom. The molecule has 0 aliphatic heterocycles. The first-order valence-electron chi connectivity index (χ1n) is 8.29. The van der Waals surface area contributed by atoms with Crippen molar-refractivity contribution in [2.24, 2.45) is 11.7 Å². The smallest absolute Gasteiger partial charge is 0.251 e. The fourth-order valence-corrected chi connectivity index (χ4v) is 4.47. The van der Waals surface area contributed by atoms with Gasteiger partial charge in [-0.1, -0.05) is 37.4 Å². The molecule has 0 spiro atoms. The van der Waals surface area contributed by atoms with E-state index in [0.29, 0.717) is 21.6 Å². The van der Waals surface area contributed by atoms with E-state index in [1.165, 1.54) is 48.8 Å². The third kappa shape index (κ3) is 4.60. The summed E-state index contributed by atoms with van der Waals surface area (Å²) >= 11 is 2.56. The molecule has 1 saturated carbocycles. The van der Waals surface area contributed by atoms with Crippen molar-refractivity contribution in [3.8, 4) is 0 Å². The topological polar surface area (TPSA) is 114 Å². The molecule has 1 fully saturated rings. The molecule has 2 heterocycles. The number of hydrogen-bond donors (Lipinski definition) is 3. The maximum atomic E-state index is 12.3. The first-order chi connectivity index (χ1) is 12.0. The minimum Gasteiger partial charge on any atom is -0.366 e. The molecule has 1 unspecified atom stereocenters. The summed E-state index contributed by atoms with van der Waals surface area (Å²) in [6, 6.07) is 1.60. The van der Waals surface area contributed by atoms with Gasteiger partial charge in [-0.25, -0.2) is 4.98 Å². The molecule has 1 atom stereocenters. The van der Waals surface area contributed by atoms with Crippen LogP contribution >= 0.6 is 23.1 Å². The molecule has 0 bridgehead atoms. The molecule has 3 rings (SSSR count). The lowest BCUT2D eigenvalue weighted by Gasteiger charge is -2.09. The maximum Gasteiger partial charge on any atom is 0.251 e. The van der Waals surface area contributed by atoms with Crippen molar-refractivity contribution >= 4 is 39.9 Å². The Labute approximate surface area is 154 Å². The van der Waals surface area contributed by atoms with E-state index >= 15 is 0 Å². The first-order valence-corrected chi connectivity index (χ1v) is 10.0. The molecule has 0 saturated heterocycles. The number of anilines is 1. The normalized spacial score (nSPS) is 16.0. The number of primary amides is 1. The van der Waals surface area contributed by atoms with Crippen molar-refractivity contribution in [3.05, 3.63) is 22.8 Å². The Bertz CT molecular complexity index is 751. The van der Waals surface area contributed by atoms with Gasteiger partial charge in [0.05, 0.1) is 10.8 Å². The number of nitrogens with one attached hydrogen (secondary N) is 2.